The fourth-order valence-corrected chi connectivity index (χ4v) is 1.91. The van der Waals surface area contributed by atoms with Crippen molar-refractivity contribution in [1.82, 2.24) is 0 Å². The Morgan fingerprint density at radius 2 is 1.65 bits per heavy atom. The van der Waals surface area contributed by atoms with Crippen molar-refractivity contribution in [1.29, 1.82) is 0 Å². The number of hydrogen-bond acceptors (Lipinski definition) is 3. The lowest BCUT2D eigenvalue weighted by Gasteiger charge is -2.13. The molecule has 0 radical (unpaired) electrons. The summed E-state index contributed by atoms with van der Waals surface area (Å²) in [5.41, 5.74) is 1.88. The summed E-state index contributed by atoms with van der Waals surface area (Å²) in [5.74, 6) is 1.29. The monoisotopic (exact) mass is 313 g/mol. The van der Waals surface area contributed by atoms with Crippen LogP contribution in [0.15, 0.2) is 48.5 Å². The van der Waals surface area contributed by atoms with Gasteiger partial charge in [0.2, 0.25) is 0 Å². The number of carbonyl (C=O) groups is 1. The van der Waals surface area contributed by atoms with Gasteiger partial charge in [-0.25, -0.2) is 0 Å². The molecule has 0 fully saturated rings. The highest BCUT2D eigenvalue weighted by atomic mass is 16.5. The van der Waals surface area contributed by atoms with E-state index in [1.165, 1.54) is 0 Å². The maximum Gasteiger partial charge on any atom is 0.262 e. The van der Waals surface area contributed by atoms with Crippen LogP contribution in [-0.2, 0) is 4.79 Å². The molecule has 1 amide bonds. The van der Waals surface area contributed by atoms with E-state index in [9.17, 15) is 4.79 Å². The van der Waals surface area contributed by atoms with E-state index in [4.69, 9.17) is 9.47 Å². The predicted molar refractivity (Wildman–Crippen MR) is 92.1 cm³/mol. The third-order valence-corrected chi connectivity index (χ3v) is 3.44. The molecule has 1 N–H and O–H groups in total. The van der Waals surface area contributed by atoms with E-state index in [0.29, 0.717) is 5.75 Å². The summed E-state index contributed by atoms with van der Waals surface area (Å²) in [5, 5.41) is 2.80. The third kappa shape index (κ3) is 5.66. The van der Waals surface area contributed by atoms with Gasteiger partial charge in [-0.15, -0.1) is 0 Å². The molecule has 0 aliphatic carbocycles. The fourth-order valence-electron chi connectivity index (χ4n) is 1.91. The molecule has 2 rings (SSSR count). The Hall–Kier alpha value is -2.49. The minimum atomic E-state index is -0.193. The van der Waals surface area contributed by atoms with Gasteiger partial charge in [0.1, 0.15) is 11.5 Å². The molecule has 4 heteroatoms. The second-order valence-corrected chi connectivity index (χ2v) is 5.51. The molecule has 0 aromatic heterocycles. The Labute approximate surface area is 137 Å². The topological polar surface area (TPSA) is 47.6 Å². The standard InChI is InChI=1S/C19H23NO3/c1-4-15(3)23-18-11-7-16(8-12-18)20-19(21)13-22-17-9-5-14(2)6-10-17/h5-12,15H,4,13H2,1-3H3,(H,20,21). The lowest BCUT2D eigenvalue weighted by Crippen LogP contribution is -2.20. The molecular weight excluding hydrogens is 290 g/mol. The molecule has 4 nitrogen and oxygen atoms in total. The van der Waals surface area contributed by atoms with Crippen LogP contribution in [0.5, 0.6) is 11.5 Å². The molecule has 0 saturated carbocycles. The first-order chi connectivity index (χ1) is 11.1. The largest absolute Gasteiger partial charge is 0.491 e. The first-order valence-corrected chi connectivity index (χ1v) is 7.83. The van der Waals surface area contributed by atoms with E-state index in [-0.39, 0.29) is 18.6 Å². The van der Waals surface area contributed by atoms with Gasteiger partial charge in [0.05, 0.1) is 6.10 Å². The average molecular weight is 313 g/mol. The number of amides is 1. The maximum absolute atomic E-state index is 11.9. The van der Waals surface area contributed by atoms with Crippen molar-refractivity contribution >= 4 is 11.6 Å². The van der Waals surface area contributed by atoms with Gasteiger partial charge in [-0.1, -0.05) is 24.6 Å². The van der Waals surface area contributed by atoms with Gasteiger partial charge in [0.25, 0.3) is 5.91 Å². The average Bonchev–Trinajstić information content (AvgIpc) is 2.56. The fraction of sp³-hybridized carbons (Fsp3) is 0.316. The molecular formula is C19H23NO3. The Morgan fingerprint density at radius 1 is 1.04 bits per heavy atom. The number of hydrogen-bond donors (Lipinski definition) is 1. The number of nitrogens with one attached hydrogen (secondary N) is 1. The van der Waals surface area contributed by atoms with Crippen molar-refractivity contribution in [2.24, 2.45) is 0 Å². The highest BCUT2D eigenvalue weighted by Gasteiger charge is 2.05. The van der Waals surface area contributed by atoms with Crippen molar-refractivity contribution in [2.75, 3.05) is 11.9 Å². The van der Waals surface area contributed by atoms with E-state index >= 15 is 0 Å². The van der Waals surface area contributed by atoms with Gasteiger partial charge in [0, 0.05) is 5.69 Å². The van der Waals surface area contributed by atoms with E-state index in [0.717, 1.165) is 23.4 Å². The third-order valence-electron chi connectivity index (χ3n) is 3.44. The van der Waals surface area contributed by atoms with Gasteiger partial charge < -0.3 is 14.8 Å². The molecule has 0 heterocycles. The van der Waals surface area contributed by atoms with Crippen LogP contribution in [0.4, 0.5) is 5.69 Å². The second-order valence-electron chi connectivity index (χ2n) is 5.51. The minimum Gasteiger partial charge on any atom is -0.491 e. The van der Waals surface area contributed by atoms with E-state index in [1.54, 1.807) is 0 Å². The predicted octanol–water partition coefficient (Wildman–Crippen LogP) is 4.19. The first kappa shape index (κ1) is 16.9. The Kier molecular flexibility index (Phi) is 6.03. The van der Waals surface area contributed by atoms with Crippen LogP contribution in [0.1, 0.15) is 25.8 Å². The van der Waals surface area contributed by atoms with E-state index in [1.807, 2.05) is 62.4 Å². The SMILES string of the molecule is CCC(C)Oc1ccc(NC(=O)COc2ccc(C)cc2)cc1. The van der Waals surface area contributed by atoms with Crippen molar-refractivity contribution in [3.8, 4) is 11.5 Å². The molecule has 0 spiro atoms. The van der Waals surface area contributed by atoms with Crippen LogP contribution in [0, 0.1) is 6.92 Å². The van der Waals surface area contributed by atoms with Crippen molar-refractivity contribution in [2.45, 2.75) is 33.3 Å². The quantitative estimate of drug-likeness (QED) is 0.833. The number of benzene rings is 2. The van der Waals surface area contributed by atoms with Gasteiger partial charge in [-0.2, -0.15) is 0 Å². The molecule has 1 unspecified atom stereocenters. The number of rotatable bonds is 7. The highest BCUT2D eigenvalue weighted by Crippen LogP contribution is 2.18. The molecule has 0 saturated heterocycles. The van der Waals surface area contributed by atoms with Gasteiger partial charge in [0.15, 0.2) is 6.61 Å². The van der Waals surface area contributed by atoms with Crippen LogP contribution < -0.4 is 14.8 Å². The zero-order valence-corrected chi connectivity index (χ0v) is 13.8. The molecule has 23 heavy (non-hydrogen) atoms. The number of ether oxygens (including phenoxy) is 2. The Bertz CT molecular complexity index is 620. The smallest absolute Gasteiger partial charge is 0.262 e. The zero-order valence-electron chi connectivity index (χ0n) is 13.8. The van der Waals surface area contributed by atoms with Crippen molar-refractivity contribution in [3.63, 3.8) is 0 Å². The minimum absolute atomic E-state index is 0.0197. The first-order valence-electron chi connectivity index (χ1n) is 7.83. The second kappa shape index (κ2) is 8.22. The van der Waals surface area contributed by atoms with Crippen LogP contribution in [-0.4, -0.2) is 18.6 Å². The summed E-state index contributed by atoms with van der Waals surface area (Å²) < 4.78 is 11.2. The summed E-state index contributed by atoms with van der Waals surface area (Å²) in [6.45, 7) is 6.09. The summed E-state index contributed by atoms with van der Waals surface area (Å²) in [6, 6.07) is 14.9. The molecule has 0 aliphatic rings. The van der Waals surface area contributed by atoms with Crippen LogP contribution in [0.3, 0.4) is 0 Å². The maximum atomic E-state index is 11.9. The molecule has 2 aromatic carbocycles. The number of anilines is 1. The molecule has 1 atom stereocenters. The number of aryl methyl sites for hydroxylation is 1. The number of carbonyl (C=O) groups excluding carboxylic acids is 1. The van der Waals surface area contributed by atoms with Gasteiger partial charge in [-0.3, -0.25) is 4.79 Å². The summed E-state index contributed by atoms with van der Waals surface area (Å²) in [7, 11) is 0. The summed E-state index contributed by atoms with van der Waals surface area (Å²) in [6.07, 6.45) is 1.13. The lowest BCUT2D eigenvalue weighted by molar-refractivity contribution is -0.118. The molecule has 122 valence electrons. The lowest BCUT2D eigenvalue weighted by atomic mass is 10.2. The Balaban J connectivity index is 1.81. The Morgan fingerprint density at radius 3 is 2.26 bits per heavy atom. The zero-order chi connectivity index (χ0) is 16.7. The van der Waals surface area contributed by atoms with Gasteiger partial charge in [-0.05, 0) is 56.7 Å². The molecule has 2 aromatic rings. The molecule has 0 bridgehead atoms. The van der Waals surface area contributed by atoms with E-state index in [2.05, 4.69) is 12.2 Å². The van der Waals surface area contributed by atoms with Crippen LogP contribution in [0.25, 0.3) is 0 Å². The summed E-state index contributed by atoms with van der Waals surface area (Å²) in [4.78, 5) is 11.9. The van der Waals surface area contributed by atoms with Crippen LogP contribution >= 0.6 is 0 Å². The van der Waals surface area contributed by atoms with E-state index < -0.39 is 0 Å². The summed E-state index contributed by atoms with van der Waals surface area (Å²) >= 11 is 0. The van der Waals surface area contributed by atoms with Crippen molar-refractivity contribution < 1.29 is 14.3 Å². The van der Waals surface area contributed by atoms with Crippen molar-refractivity contribution in [3.05, 3.63) is 54.1 Å². The van der Waals surface area contributed by atoms with Crippen LogP contribution in [0.2, 0.25) is 0 Å². The highest BCUT2D eigenvalue weighted by molar-refractivity contribution is 5.91. The van der Waals surface area contributed by atoms with Gasteiger partial charge >= 0.3 is 0 Å². The normalized spacial score (nSPS) is 11.6. The molecule has 0 aliphatic heterocycles.